The monoisotopic (exact) mass is 360 g/mol. The summed E-state index contributed by atoms with van der Waals surface area (Å²) in [4.78, 5) is 27.5. The van der Waals surface area contributed by atoms with Crippen molar-refractivity contribution in [1.82, 2.24) is 9.80 Å². The quantitative estimate of drug-likeness (QED) is 0.804. The number of carbonyl (C=O) groups excluding carboxylic acids is 2. The van der Waals surface area contributed by atoms with Crippen LogP contribution in [0.15, 0.2) is 18.2 Å². The van der Waals surface area contributed by atoms with E-state index in [1.54, 1.807) is 4.90 Å². The van der Waals surface area contributed by atoms with Crippen molar-refractivity contribution in [2.45, 2.75) is 26.2 Å². The zero-order valence-corrected chi connectivity index (χ0v) is 15.0. The summed E-state index contributed by atoms with van der Waals surface area (Å²) in [6, 6.07) is 6.06. The summed E-state index contributed by atoms with van der Waals surface area (Å²) in [5, 5.41) is 0. The van der Waals surface area contributed by atoms with Crippen LogP contribution in [0, 0.1) is 5.41 Å². The fourth-order valence-corrected chi connectivity index (χ4v) is 3.96. The zero-order valence-electron chi connectivity index (χ0n) is 15.0. The van der Waals surface area contributed by atoms with E-state index in [2.05, 4.69) is 13.0 Å². The highest BCUT2D eigenvalue weighted by molar-refractivity contribution is 5.77. The number of hydrogen-bond acceptors (Lipinski definition) is 5. The second-order valence-electron chi connectivity index (χ2n) is 7.59. The number of carbonyl (C=O) groups is 2. The number of piperidine rings is 1. The molecule has 3 aliphatic heterocycles. The predicted octanol–water partition coefficient (Wildman–Crippen LogP) is 2.04. The lowest BCUT2D eigenvalue weighted by molar-refractivity contribution is -0.137. The molecule has 26 heavy (non-hydrogen) atoms. The minimum absolute atomic E-state index is 0.00707. The van der Waals surface area contributed by atoms with Gasteiger partial charge in [-0.05, 0) is 36.0 Å². The summed E-state index contributed by atoms with van der Waals surface area (Å²) in [5.74, 6) is 1.75. The van der Waals surface area contributed by atoms with E-state index in [0.29, 0.717) is 39.2 Å². The normalized spacial score (nSPS) is 25.0. The van der Waals surface area contributed by atoms with E-state index in [9.17, 15) is 9.59 Å². The Hall–Kier alpha value is -2.44. The second-order valence-corrected chi connectivity index (χ2v) is 7.59. The summed E-state index contributed by atoms with van der Waals surface area (Å²) in [7, 11) is 0. The number of amides is 2. The second kappa shape index (κ2) is 6.70. The first-order valence-corrected chi connectivity index (χ1v) is 9.10. The summed E-state index contributed by atoms with van der Waals surface area (Å²) >= 11 is 0. The van der Waals surface area contributed by atoms with Crippen molar-refractivity contribution in [2.75, 3.05) is 39.6 Å². The maximum absolute atomic E-state index is 12.3. The van der Waals surface area contributed by atoms with E-state index in [-0.39, 0.29) is 24.2 Å². The van der Waals surface area contributed by atoms with Crippen LogP contribution in [-0.4, -0.2) is 61.4 Å². The standard InChI is InChI=1S/C19H24N2O5/c1-19(11-14-2-3-15-16(10-14)26-13-25-15)5-4-17(22)21(12-19)7-6-20-8-9-24-18(20)23/h2-3,10H,4-9,11-13H2,1H3/t19-/m1/s1. The van der Waals surface area contributed by atoms with Gasteiger partial charge in [0.1, 0.15) is 6.61 Å². The number of ether oxygens (including phenoxy) is 3. The highest BCUT2D eigenvalue weighted by atomic mass is 16.7. The minimum Gasteiger partial charge on any atom is -0.454 e. The molecule has 0 radical (unpaired) electrons. The minimum atomic E-state index is -0.280. The lowest BCUT2D eigenvalue weighted by atomic mass is 9.76. The van der Waals surface area contributed by atoms with Crippen LogP contribution in [0.3, 0.4) is 0 Å². The Morgan fingerprint density at radius 2 is 1.88 bits per heavy atom. The van der Waals surface area contributed by atoms with Crippen LogP contribution in [0.4, 0.5) is 4.79 Å². The van der Waals surface area contributed by atoms with Gasteiger partial charge in [0, 0.05) is 26.1 Å². The molecule has 1 atom stereocenters. The Labute approximate surface area is 152 Å². The van der Waals surface area contributed by atoms with Crippen LogP contribution in [0.25, 0.3) is 0 Å². The van der Waals surface area contributed by atoms with Gasteiger partial charge in [-0.15, -0.1) is 0 Å². The Kier molecular flexibility index (Phi) is 4.38. The Morgan fingerprint density at radius 3 is 2.69 bits per heavy atom. The van der Waals surface area contributed by atoms with Gasteiger partial charge in [-0.2, -0.15) is 0 Å². The fourth-order valence-electron chi connectivity index (χ4n) is 3.96. The van der Waals surface area contributed by atoms with Gasteiger partial charge in [-0.25, -0.2) is 4.79 Å². The van der Waals surface area contributed by atoms with Crippen molar-refractivity contribution in [3.63, 3.8) is 0 Å². The van der Waals surface area contributed by atoms with Gasteiger partial charge >= 0.3 is 6.09 Å². The van der Waals surface area contributed by atoms with E-state index in [1.807, 2.05) is 17.0 Å². The molecule has 0 aromatic heterocycles. The van der Waals surface area contributed by atoms with Gasteiger partial charge in [0.25, 0.3) is 0 Å². The maximum Gasteiger partial charge on any atom is 0.409 e. The Bertz CT molecular complexity index is 722. The van der Waals surface area contributed by atoms with Crippen LogP contribution in [0.1, 0.15) is 25.3 Å². The summed E-state index contributed by atoms with van der Waals surface area (Å²) in [6.07, 6.45) is 2.00. The number of cyclic esters (lactones) is 1. The van der Waals surface area contributed by atoms with Crippen molar-refractivity contribution in [3.05, 3.63) is 23.8 Å². The van der Waals surface area contributed by atoms with Crippen LogP contribution < -0.4 is 9.47 Å². The topological polar surface area (TPSA) is 68.3 Å². The van der Waals surface area contributed by atoms with Crippen LogP contribution in [0.5, 0.6) is 11.5 Å². The molecule has 4 rings (SSSR count). The van der Waals surface area contributed by atoms with Gasteiger partial charge < -0.3 is 24.0 Å². The highest BCUT2D eigenvalue weighted by Gasteiger charge is 2.36. The molecule has 0 aliphatic carbocycles. The van der Waals surface area contributed by atoms with Gasteiger partial charge in [-0.1, -0.05) is 13.0 Å². The lowest BCUT2D eigenvalue weighted by Gasteiger charge is -2.41. The average molecular weight is 360 g/mol. The largest absolute Gasteiger partial charge is 0.454 e. The maximum atomic E-state index is 12.3. The molecule has 0 saturated carbocycles. The molecular formula is C19H24N2O5. The predicted molar refractivity (Wildman–Crippen MR) is 93.1 cm³/mol. The Morgan fingerprint density at radius 1 is 1.08 bits per heavy atom. The third-order valence-corrected chi connectivity index (χ3v) is 5.42. The van der Waals surface area contributed by atoms with E-state index in [4.69, 9.17) is 14.2 Å². The number of benzene rings is 1. The molecule has 0 bridgehead atoms. The van der Waals surface area contributed by atoms with Crippen molar-refractivity contribution in [3.8, 4) is 11.5 Å². The third kappa shape index (κ3) is 3.43. The molecule has 2 fully saturated rings. The molecule has 2 amide bonds. The van der Waals surface area contributed by atoms with Gasteiger partial charge in [0.05, 0.1) is 6.54 Å². The summed E-state index contributed by atoms with van der Waals surface area (Å²) in [6.45, 7) is 5.33. The van der Waals surface area contributed by atoms with Gasteiger partial charge in [-0.3, -0.25) is 4.79 Å². The summed E-state index contributed by atoms with van der Waals surface area (Å²) < 4.78 is 15.8. The molecule has 140 valence electrons. The van der Waals surface area contributed by atoms with Crippen LogP contribution in [0.2, 0.25) is 0 Å². The van der Waals surface area contributed by atoms with Crippen molar-refractivity contribution in [1.29, 1.82) is 0 Å². The van der Waals surface area contributed by atoms with E-state index < -0.39 is 0 Å². The van der Waals surface area contributed by atoms with E-state index in [0.717, 1.165) is 24.3 Å². The SMILES string of the molecule is C[C@]1(Cc2ccc3c(c2)OCO3)CCC(=O)N(CCN2CCOC2=O)C1. The number of rotatable bonds is 5. The van der Waals surface area contributed by atoms with Crippen molar-refractivity contribution < 1.29 is 23.8 Å². The first kappa shape index (κ1) is 17.0. The third-order valence-electron chi connectivity index (χ3n) is 5.42. The van der Waals surface area contributed by atoms with Gasteiger partial charge in [0.2, 0.25) is 12.7 Å². The number of likely N-dealkylation sites (tertiary alicyclic amines) is 1. The highest BCUT2D eigenvalue weighted by Crippen LogP contribution is 2.37. The molecule has 7 heteroatoms. The molecular weight excluding hydrogens is 336 g/mol. The Balaban J connectivity index is 1.39. The van der Waals surface area contributed by atoms with E-state index in [1.165, 1.54) is 5.56 Å². The molecule has 1 aromatic rings. The van der Waals surface area contributed by atoms with Gasteiger partial charge in [0.15, 0.2) is 11.5 Å². The number of nitrogens with zero attached hydrogens (tertiary/aromatic N) is 2. The first-order valence-electron chi connectivity index (χ1n) is 9.10. The molecule has 3 aliphatic rings. The number of hydrogen-bond donors (Lipinski definition) is 0. The fraction of sp³-hybridized carbons (Fsp3) is 0.579. The molecule has 0 N–H and O–H groups in total. The van der Waals surface area contributed by atoms with Crippen LogP contribution in [-0.2, 0) is 16.0 Å². The summed E-state index contributed by atoms with van der Waals surface area (Å²) in [5.41, 5.74) is 1.20. The van der Waals surface area contributed by atoms with E-state index >= 15 is 0 Å². The molecule has 3 heterocycles. The van der Waals surface area contributed by atoms with Crippen molar-refractivity contribution >= 4 is 12.0 Å². The zero-order chi connectivity index (χ0) is 18.1. The smallest absolute Gasteiger partial charge is 0.409 e. The number of fused-ring (bicyclic) bond motifs is 1. The first-order chi connectivity index (χ1) is 12.5. The molecule has 7 nitrogen and oxygen atoms in total. The molecule has 0 unspecified atom stereocenters. The van der Waals surface area contributed by atoms with Crippen LogP contribution >= 0.6 is 0 Å². The molecule has 0 spiro atoms. The average Bonchev–Trinajstić information content (AvgIpc) is 3.24. The molecule has 2 saturated heterocycles. The molecule has 1 aromatic carbocycles. The van der Waals surface area contributed by atoms with Crippen molar-refractivity contribution in [2.24, 2.45) is 5.41 Å². The lowest BCUT2D eigenvalue weighted by Crippen LogP contribution is -2.48.